The largest absolute Gasteiger partial charge is 0.514 e. The fourth-order valence-corrected chi connectivity index (χ4v) is 4.50. The van der Waals surface area contributed by atoms with Gasteiger partial charge in [0.2, 0.25) is 0 Å². The number of hydrogen-bond acceptors (Lipinski definition) is 2. The summed E-state index contributed by atoms with van der Waals surface area (Å²) < 4.78 is 0.0836. The van der Waals surface area contributed by atoms with Crippen LogP contribution in [0.4, 0.5) is 9.59 Å². The van der Waals surface area contributed by atoms with Crippen molar-refractivity contribution >= 4 is 12.2 Å². The molecule has 0 spiro atoms. The second-order valence-electron chi connectivity index (χ2n) is 6.75. The van der Waals surface area contributed by atoms with Gasteiger partial charge in [0.15, 0.2) is 0 Å². The molecule has 3 N–H and O–H groups in total. The Morgan fingerprint density at radius 3 is 1.68 bits per heavy atom. The van der Waals surface area contributed by atoms with Gasteiger partial charge in [0.25, 0.3) is 0 Å². The summed E-state index contributed by atoms with van der Waals surface area (Å²) >= 11 is 0. The number of hydrogen-bond donors (Lipinski definition) is 3. The number of carboxylic acid groups (broad SMARTS) is 2. The van der Waals surface area contributed by atoms with E-state index in [1.807, 2.05) is 0 Å². The summed E-state index contributed by atoms with van der Waals surface area (Å²) in [6.07, 6.45) is 8.74. The third-order valence-corrected chi connectivity index (χ3v) is 5.57. The molecule has 2 saturated carbocycles. The zero-order valence-corrected chi connectivity index (χ0v) is 13.3. The van der Waals surface area contributed by atoms with Gasteiger partial charge in [-0.2, -0.15) is 4.79 Å². The first kappa shape index (κ1) is 17.1. The first-order valence-corrected chi connectivity index (χ1v) is 8.65. The van der Waals surface area contributed by atoms with Gasteiger partial charge in [0.05, 0.1) is 18.6 Å². The predicted octanol–water partition coefficient (Wildman–Crippen LogP) is 3.41. The highest BCUT2D eigenvalue weighted by Crippen LogP contribution is 2.36. The smallest absolute Gasteiger partial charge is 0.465 e. The van der Waals surface area contributed by atoms with Crippen LogP contribution in [0, 0.1) is 0 Å². The van der Waals surface area contributed by atoms with Gasteiger partial charge in [-0.3, -0.25) is 0 Å². The van der Waals surface area contributed by atoms with Gasteiger partial charge in [0, 0.05) is 25.7 Å². The van der Waals surface area contributed by atoms with Crippen LogP contribution in [0.15, 0.2) is 0 Å². The molecule has 2 rings (SSSR count). The summed E-state index contributed by atoms with van der Waals surface area (Å²) in [5.74, 6) is 0. The molecule has 0 atom stereocenters. The molecular weight excluding hydrogens is 284 g/mol. The van der Waals surface area contributed by atoms with Crippen molar-refractivity contribution in [3.8, 4) is 0 Å². The SMILES string of the molecule is O=C(O)NCC[N+](C(=O)O)(C1CCCCC1)C1CCCCC1. The highest BCUT2D eigenvalue weighted by atomic mass is 16.4. The van der Waals surface area contributed by atoms with E-state index in [-0.39, 0.29) is 23.1 Å². The summed E-state index contributed by atoms with van der Waals surface area (Å²) in [5.41, 5.74) is 0. The van der Waals surface area contributed by atoms with Crippen molar-refractivity contribution in [2.45, 2.75) is 76.3 Å². The maximum Gasteiger partial charge on any atom is 0.514 e. The Hall–Kier alpha value is -1.30. The van der Waals surface area contributed by atoms with Crippen LogP contribution in [-0.2, 0) is 0 Å². The van der Waals surface area contributed by atoms with Crippen LogP contribution in [0.1, 0.15) is 64.2 Å². The average Bonchev–Trinajstić information content (AvgIpc) is 2.53. The maximum absolute atomic E-state index is 12.3. The minimum Gasteiger partial charge on any atom is -0.465 e. The molecule has 2 amide bonds. The lowest BCUT2D eigenvalue weighted by Crippen LogP contribution is -2.67. The summed E-state index contributed by atoms with van der Waals surface area (Å²) in [7, 11) is 0. The molecule has 2 aliphatic rings. The summed E-state index contributed by atoms with van der Waals surface area (Å²) in [4.78, 5) is 23.0. The molecule has 0 saturated heterocycles. The van der Waals surface area contributed by atoms with E-state index in [1.165, 1.54) is 12.8 Å². The van der Waals surface area contributed by atoms with Crippen molar-refractivity contribution in [2.24, 2.45) is 0 Å². The molecule has 0 unspecified atom stereocenters. The summed E-state index contributed by atoms with van der Waals surface area (Å²) in [6, 6.07) is 0.287. The Morgan fingerprint density at radius 2 is 1.32 bits per heavy atom. The van der Waals surface area contributed by atoms with Crippen molar-refractivity contribution in [3.05, 3.63) is 0 Å². The average molecular weight is 313 g/mol. The molecule has 0 aliphatic heterocycles. The molecule has 2 aliphatic carbocycles. The molecule has 2 fully saturated rings. The second kappa shape index (κ2) is 7.81. The minimum atomic E-state index is -1.07. The number of nitrogens with zero attached hydrogens (tertiary/aromatic N) is 1. The van der Waals surface area contributed by atoms with Gasteiger partial charge in [-0.25, -0.2) is 9.28 Å². The third-order valence-electron chi connectivity index (χ3n) is 5.57. The zero-order valence-electron chi connectivity index (χ0n) is 13.3. The van der Waals surface area contributed by atoms with Gasteiger partial charge in [-0.05, 0) is 25.7 Å². The van der Waals surface area contributed by atoms with Crippen LogP contribution in [0.3, 0.4) is 0 Å². The molecule has 0 aromatic carbocycles. The molecule has 6 nitrogen and oxygen atoms in total. The van der Waals surface area contributed by atoms with Crippen LogP contribution in [0.25, 0.3) is 0 Å². The zero-order chi connectivity index (χ0) is 16.0. The Morgan fingerprint density at radius 1 is 0.864 bits per heavy atom. The lowest BCUT2D eigenvalue weighted by atomic mass is 9.86. The van der Waals surface area contributed by atoms with E-state index >= 15 is 0 Å². The summed E-state index contributed by atoms with van der Waals surface area (Å²) in [6.45, 7) is 0.589. The van der Waals surface area contributed by atoms with Crippen molar-refractivity contribution in [3.63, 3.8) is 0 Å². The minimum absolute atomic E-state index is 0.0836. The molecule has 0 aromatic heterocycles. The normalized spacial score (nSPS) is 21.5. The number of amides is 2. The molecule has 0 radical (unpaired) electrons. The van der Waals surface area contributed by atoms with Crippen LogP contribution in [-0.4, -0.2) is 52.1 Å². The molecular formula is C16H29N2O4+. The number of rotatable bonds is 5. The van der Waals surface area contributed by atoms with E-state index in [0.29, 0.717) is 6.54 Å². The predicted molar refractivity (Wildman–Crippen MR) is 82.9 cm³/mol. The van der Waals surface area contributed by atoms with E-state index in [4.69, 9.17) is 5.11 Å². The molecule has 22 heavy (non-hydrogen) atoms. The topological polar surface area (TPSA) is 86.6 Å². The van der Waals surface area contributed by atoms with E-state index < -0.39 is 12.2 Å². The first-order valence-electron chi connectivity index (χ1n) is 8.65. The van der Waals surface area contributed by atoms with E-state index in [0.717, 1.165) is 51.4 Å². The fraction of sp³-hybridized carbons (Fsp3) is 0.875. The highest BCUT2D eigenvalue weighted by Gasteiger charge is 2.50. The molecule has 0 heterocycles. The van der Waals surface area contributed by atoms with Crippen LogP contribution in [0.5, 0.6) is 0 Å². The van der Waals surface area contributed by atoms with Crippen molar-refractivity contribution in [1.29, 1.82) is 0 Å². The lowest BCUT2D eigenvalue weighted by molar-refractivity contribution is -0.908. The van der Waals surface area contributed by atoms with Crippen LogP contribution < -0.4 is 5.32 Å². The molecule has 6 heteroatoms. The van der Waals surface area contributed by atoms with Crippen LogP contribution >= 0.6 is 0 Å². The highest BCUT2D eigenvalue weighted by molar-refractivity contribution is 5.64. The molecule has 0 aromatic rings. The molecule has 0 bridgehead atoms. The van der Waals surface area contributed by atoms with Gasteiger partial charge in [-0.1, -0.05) is 12.8 Å². The fourth-order valence-electron chi connectivity index (χ4n) is 4.50. The van der Waals surface area contributed by atoms with Crippen molar-refractivity contribution in [1.82, 2.24) is 5.32 Å². The lowest BCUT2D eigenvalue weighted by Gasteiger charge is -2.47. The number of quaternary nitrogens is 1. The second-order valence-corrected chi connectivity index (χ2v) is 6.75. The Bertz CT molecular complexity index is 370. The van der Waals surface area contributed by atoms with Gasteiger partial charge in [-0.15, -0.1) is 0 Å². The maximum atomic E-state index is 12.3. The van der Waals surface area contributed by atoms with Crippen molar-refractivity contribution < 1.29 is 24.3 Å². The monoisotopic (exact) mass is 313 g/mol. The van der Waals surface area contributed by atoms with Crippen LogP contribution in [0.2, 0.25) is 0 Å². The quantitative estimate of drug-likeness (QED) is 0.679. The number of nitrogens with one attached hydrogen (secondary N) is 1. The first-order chi connectivity index (χ1) is 10.6. The van der Waals surface area contributed by atoms with E-state index in [2.05, 4.69) is 5.32 Å². The van der Waals surface area contributed by atoms with Gasteiger partial charge < -0.3 is 15.5 Å². The van der Waals surface area contributed by atoms with E-state index in [9.17, 15) is 14.7 Å². The molecule has 126 valence electrons. The Kier molecular flexibility index (Phi) is 6.06. The van der Waals surface area contributed by atoms with Gasteiger partial charge >= 0.3 is 12.2 Å². The standard InChI is InChI=1S/C16H28N2O4/c19-15(20)17-11-12-18(16(21)22,13-7-3-1-4-8-13)14-9-5-2-6-10-14/h13-14,17H,1-12H2,(H-,19,20,21,22)/p+1. The van der Waals surface area contributed by atoms with Gasteiger partial charge in [0.1, 0.15) is 6.54 Å². The van der Waals surface area contributed by atoms with E-state index in [1.54, 1.807) is 0 Å². The third kappa shape index (κ3) is 3.72. The Labute approximate surface area is 132 Å². The number of carbonyl (C=O) groups is 2. The van der Waals surface area contributed by atoms with Crippen molar-refractivity contribution in [2.75, 3.05) is 13.1 Å². The summed E-state index contributed by atoms with van der Waals surface area (Å²) in [5, 5.41) is 21.3. The Balaban J connectivity index is 2.21.